The number of aliphatic hydroxyl groups excluding tert-OH is 1. The molecule has 0 aliphatic rings. The summed E-state index contributed by atoms with van der Waals surface area (Å²) in [5.74, 6) is -0.0484. The number of aliphatic hydroxyl groups is 1. The van der Waals surface area contributed by atoms with Crippen molar-refractivity contribution in [3.05, 3.63) is 35.9 Å². The van der Waals surface area contributed by atoms with Gasteiger partial charge in [-0.3, -0.25) is 4.79 Å². The summed E-state index contributed by atoms with van der Waals surface area (Å²) in [6.45, 7) is 4.19. The molecule has 4 nitrogen and oxygen atoms in total. The second-order valence-electron chi connectivity index (χ2n) is 5.00. The van der Waals surface area contributed by atoms with Crippen molar-refractivity contribution in [1.82, 2.24) is 5.32 Å². The Morgan fingerprint density at radius 1 is 1.35 bits per heavy atom. The maximum Gasteiger partial charge on any atom is 0.237 e. The molecule has 20 heavy (non-hydrogen) atoms. The Morgan fingerprint density at radius 3 is 2.50 bits per heavy atom. The Labute approximate surface area is 127 Å². The molecule has 3 unspecified atom stereocenters. The third-order valence-electron chi connectivity index (χ3n) is 3.39. The van der Waals surface area contributed by atoms with Crippen LogP contribution in [0.25, 0.3) is 0 Å². The average Bonchev–Trinajstić information content (AvgIpc) is 2.44. The molecule has 0 saturated heterocycles. The molecule has 0 aliphatic heterocycles. The molecule has 0 saturated carbocycles. The summed E-state index contributed by atoms with van der Waals surface area (Å²) in [6.07, 6.45) is 0.802. The fraction of sp³-hybridized carbons (Fsp3) is 0.533. The highest BCUT2D eigenvalue weighted by Crippen LogP contribution is 2.06. The molecule has 0 aliphatic carbocycles. The van der Waals surface area contributed by atoms with E-state index in [9.17, 15) is 9.90 Å². The first-order chi connectivity index (χ1) is 9.04. The van der Waals surface area contributed by atoms with Gasteiger partial charge in [-0.2, -0.15) is 0 Å². The van der Waals surface area contributed by atoms with Crippen LogP contribution in [0.5, 0.6) is 0 Å². The van der Waals surface area contributed by atoms with Gasteiger partial charge in [-0.15, -0.1) is 12.4 Å². The van der Waals surface area contributed by atoms with Gasteiger partial charge in [0.05, 0.1) is 12.1 Å². The first-order valence-corrected chi connectivity index (χ1v) is 6.79. The molecule has 1 amide bonds. The van der Waals surface area contributed by atoms with Crippen molar-refractivity contribution >= 4 is 18.3 Å². The van der Waals surface area contributed by atoms with Gasteiger partial charge in [0.2, 0.25) is 5.91 Å². The van der Waals surface area contributed by atoms with E-state index in [1.165, 1.54) is 0 Å². The van der Waals surface area contributed by atoms with Crippen LogP contribution in [0.2, 0.25) is 0 Å². The zero-order valence-electron chi connectivity index (χ0n) is 12.1. The van der Waals surface area contributed by atoms with Gasteiger partial charge in [-0.1, -0.05) is 50.6 Å². The van der Waals surface area contributed by atoms with E-state index in [1.54, 1.807) is 0 Å². The maximum absolute atomic E-state index is 11.8. The Kier molecular flexibility index (Phi) is 9.21. The summed E-state index contributed by atoms with van der Waals surface area (Å²) in [4.78, 5) is 11.8. The van der Waals surface area contributed by atoms with Gasteiger partial charge in [0.1, 0.15) is 0 Å². The first kappa shape index (κ1) is 18.9. The van der Waals surface area contributed by atoms with Crippen molar-refractivity contribution in [2.24, 2.45) is 11.7 Å². The zero-order valence-corrected chi connectivity index (χ0v) is 12.9. The van der Waals surface area contributed by atoms with E-state index in [2.05, 4.69) is 5.32 Å². The number of benzene rings is 1. The van der Waals surface area contributed by atoms with Crippen LogP contribution >= 0.6 is 12.4 Å². The van der Waals surface area contributed by atoms with Crippen molar-refractivity contribution in [3.8, 4) is 0 Å². The number of hydrogen-bond acceptors (Lipinski definition) is 3. The van der Waals surface area contributed by atoms with Crippen LogP contribution in [0.1, 0.15) is 25.8 Å². The zero-order chi connectivity index (χ0) is 14.3. The van der Waals surface area contributed by atoms with E-state index in [-0.39, 0.29) is 30.8 Å². The molecule has 0 bridgehead atoms. The molecule has 1 rings (SSSR count). The number of nitrogens with one attached hydrogen (secondary N) is 1. The molecule has 5 heteroatoms. The van der Waals surface area contributed by atoms with Crippen LogP contribution in [-0.2, 0) is 11.2 Å². The smallest absolute Gasteiger partial charge is 0.237 e. The van der Waals surface area contributed by atoms with Crippen LogP contribution in [-0.4, -0.2) is 29.7 Å². The molecule has 0 spiro atoms. The summed E-state index contributed by atoms with van der Waals surface area (Å²) >= 11 is 0. The van der Waals surface area contributed by atoms with Gasteiger partial charge in [0.15, 0.2) is 0 Å². The lowest BCUT2D eigenvalue weighted by atomic mass is 9.99. The fourth-order valence-corrected chi connectivity index (χ4v) is 1.81. The third kappa shape index (κ3) is 6.37. The highest BCUT2D eigenvalue weighted by Gasteiger charge is 2.19. The molecule has 0 fully saturated rings. The summed E-state index contributed by atoms with van der Waals surface area (Å²) in [7, 11) is 0. The second kappa shape index (κ2) is 9.75. The number of carbonyl (C=O) groups is 1. The van der Waals surface area contributed by atoms with E-state index in [4.69, 9.17) is 5.73 Å². The lowest BCUT2D eigenvalue weighted by molar-refractivity contribution is -0.123. The van der Waals surface area contributed by atoms with Gasteiger partial charge in [-0.25, -0.2) is 0 Å². The predicted octanol–water partition coefficient (Wildman–Crippen LogP) is 1.50. The maximum atomic E-state index is 11.8. The minimum Gasteiger partial charge on any atom is -0.391 e. The minimum absolute atomic E-state index is 0. The van der Waals surface area contributed by atoms with Gasteiger partial charge in [0, 0.05) is 13.0 Å². The molecule has 0 radical (unpaired) electrons. The first-order valence-electron chi connectivity index (χ1n) is 6.79. The molecule has 3 atom stereocenters. The van der Waals surface area contributed by atoms with Crippen molar-refractivity contribution in [2.45, 2.75) is 38.8 Å². The number of amides is 1. The predicted molar refractivity (Wildman–Crippen MR) is 83.8 cm³/mol. The molecule has 0 heterocycles. The molecule has 114 valence electrons. The van der Waals surface area contributed by atoms with Gasteiger partial charge in [0.25, 0.3) is 0 Å². The summed E-state index contributed by atoms with van der Waals surface area (Å²) in [6, 6.07) is 9.20. The third-order valence-corrected chi connectivity index (χ3v) is 3.39. The van der Waals surface area contributed by atoms with Crippen LogP contribution in [0.4, 0.5) is 0 Å². The van der Waals surface area contributed by atoms with Gasteiger partial charge < -0.3 is 16.2 Å². The van der Waals surface area contributed by atoms with E-state index in [0.29, 0.717) is 6.42 Å². The molecule has 4 N–H and O–H groups in total. The van der Waals surface area contributed by atoms with Gasteiger partial charge >= 0.3 is 0 Å². The molecule has 0 aromatic heterocycles. The van der Waals surface area contributed by atoms with Crippen molar-refractivity contribution in [1.29, 1.82) is 0 Å². The molecular weight excluding hydrogens is 276 g/mol. The number of halogens is 1. The van der Waals surface area contributed by atoms with Crippen LogP contribution in [0.3, 0.4) is 0 Å². The van der Waals surface area contributed by atoms with Crippen LogP contribution in [0, 0.1) is 5.92 Å². The number of hydrogen-bond donors (Lipinski definition) is 3. The van der Waals surface area contributed by atoms with Crippen molar-refractivity contribution in [3.63, 3.8) is 0 Å². The molecule has 1 aromatic rings. The lowest BCUT2D eigenvalue weighted by Crippen LogP contribution is -2.46. The summed E-state index contributed by atoms with van der Waals surface area (Å²) < 4.78 is 0. The minimum atomic E-state index is -0.588. The molecular formula is C15H25ClN2O2. The number of carbonyl (C=O) groups excluding carboxylic acids is 1. The average molecular weight is 301 g/mol. The van der Waals surface area contributed by atoms with Crippen LogP contribution in [0.15, 0.2) is 30.3 Å². The normalized spacial score (nSPS) is 14.8. The Balaban J connectivity index is 0.00000361. The van der Waals surface area contributed by atoms with Crippen LogP contribution < -0.4 is 11.1 Å². The number of nitrogens with two attached hydrogens (primary N) is 1. The monoisotopic (exact) mass is 300 g/mol. The fourth-order valence-electron chi connectivity index (χ4n) is 1.81. The van der Waals surface area contributed by atoms with Crippen molar-refractivity contribution in [2.75, 3.05) is 6.54 Å². The Bertz CT molecular complexity index is 387. The van der Waals surface area contributed by atoms with E-state index in [1.807, 2.05) is 44.2 Å². The Hall–Kier alpha value is -1.10. The SMILES string of the molecule is CCC(C)C(N)C(=O)NCC(O)Cc1ccccc1.Cl. The summed E-state index contributed by atoms with van der Waals surface area (Å²) in [5.41, 5.74) is 6.87. The second-order valence-corrected chi connectivity index (χ2v) is 5.00. The lowest BCUT2D eigenvalue weighted by Gasteiger charge is -2.19. The van der Waals surface area contributed by atoms with E-state index >= 15 is 0 Å². The topological polar surface area (TPSA) is 75.4 Å². The largest absolute Gasteiger partial charge is 0.391 e. The number of rotatable bonds is 7. The highest BCUT2D eigenvalue weighted by molar-refractivity contribution is 5.85. The standard InChI is InChI=1S/C15H24N2O2.ClH/c1-3-11(2)14(16)15(19)17-10-13(18)9-12-7-5-4-6-8-12;/h4-8,11,13-14,18H,3,9-10,16H2,1-2H3,(H,17,19);1H. The van der Waals surface area contributed by atoms with Crippen molar-refractivity contribution < 1.29 is 9.90 Å². The highest BCUT2D eigenvalue weighted by atomic mass is 35.5. The summed E-state index contributed by atoms with van der Waals surface area (Å²) in [5, 5.41) is 12.6. The van der Waals surface area contributed by atoms with Gasteiger partial charge in [-0.05, 0) is 11.5 Å². The van der Waals surface area contributed by atoms with E-state index < -0.39 is 12.1 Å². The Morgan fingerprint density at radius 2 is 1.95 bits per heavy atom. The molecule has 1 aromatic carbocycles. The quantitative estimate of drug-likeness (QED) is 0.714. The van der Waals surface area contributed by atoms with E-state index in [0.717, 1.165) is 12.0 Å².